The minimum absolute atomic E-state index is 0.262. The third-order valence-corrected chi connectivity index (χ3v) is 4.59. The summed E-state index contributed by atoms with van der Waals surface area (Å²) in [6.45, 7) is 2.40. The zero-order chi connectivity index (χ0) is 15.3. The van der Waals surface area contributed by atoms with Gasteiger partial charge in [-0.2, -0.15) is 0 Å². The van der Waals surface area contributed by atoms with Crippen LogP contribution < -0.4 is 10.0 Å². The fraction of sp³-hybridized carbons (Fsp3) is 0.267. The molecule has 0 saturated carbocycles. The van der Waals surface area contributed by atoms with Crippen molar-refractivity contribution in [3.05, 3.63) is 59.9 Å². The van der Waals surface area contributed by atoms with E-state index in [1.165, 1.54) is 0 Å². The molecule has 0 amide bonds. The number of benzene rings is 1. The van der Waals surface area contributed by atoms with Crippen LogP contribution in [0.4, 0.5) is 0 Å². The summed E-state index contributed by atoms with van der Waals surface area (Å²) < 4.78 is 27.5. The second-order valence-electron chi connectivity index (χ2n) is 4.78. The van der Waals surface area contributed by atoms with Crippen LogP contribution in [0.1, 0.15) is 24.2 Å². The molecule has 0 spiro atoms. The number of aromatic nitrogens is 1. The van der Waals surface area contributed by atoms with E-state index in [2.05, 4.69) is 15.0 Å². The third kappa shape index (κ3) is 4.10. The lowest BCUT2D eigenvalue weighted by molar-refractivity contribution is 0.564. The van der Waals surface area contributed by atoms with Crippen LogP contribution >= 0.6 is 0 Å². The third-order valence-electron chi connectivity index (χ3n) is 3.05. The molecule has 6 heteroatoms. The molecule has 0 fully saturated rings. The Morgan fingerprint density at radius 3 is 2.67 bits per heavy atom. The maximum atomic E-state index is 12.4. The van der Waals surface area contributed by atoms with Crippen molar-refractivity contribution in [1.29, 1.82) is 0 Å². The first kappa shape index (κ1) is 15.6. The van der Waals surface area contributed by atoms with Crippen LogP contribution in [0.25, 0.3) is 0 Å². The van der Waals surface area contributed by atoms with Gasteiger partial charge in [-0.1, -0.05) is 18.2 Å². The summed E-state index contributed by atoms with van der Waals surface area (Å²) in [6.07, 6.45) is 1.65. The van der Waals surface area contributed by atoms with Crippen molar-refractivity contribution < 1.29 is 8.42 Å². The van der Waals surface area contributed by atoms with Crippen molar-refractivity contribution in [1.82, 2.24) is 15.0 Å². The van der Waals surface area contributed by atoms with Gasteiger partial charge in [-0.25, -0.2) is 13.1 Å². The van der Waals surface area contributed by atoms with E-state index >= 15 is 0 Å². The van der Waals surface area contributed by atoms with Gasteiger partial charge in [0.25, 0.3) is 0 Å². The number of pyridine rings is 1. The van der Waals surface area contributed by atoms with Crippen LogP contribution in [0.15, 0.2) is 53.6 Å². The quantitative estimate of drug-likeness (QED) is 0.854. The fourth-order valence-electron chi connectivity index (χ4n) is 2.02. The Hall–Kier alpha value is -1.76. The predicted molar refractivity (Wildman–Crippen MR) is 82.2 cm³/mol. The van der Waals surface area contributed by atoms with E-state index in [1.54, 1.807) is 43.5 Å². The van der Waals surface area contributed by atoms with Crippen LogP contribution in [0, 0.1) is 0 Å². The second-order valence-corrected chi connectivity index (χ2v) is 6.49. The minimum atomic E-state index is -3.57. The molecule has 0 aliphatic heterocycles. The van der Waals surface area contributed by atoms with E-state index in [1.807, 2.05) is 19.2 Å². The first-order chi connectivity index (χ1) is 10.0. The monoisotopic (exact) mass is 305 g/mol. The van der Waals surface area contributed by atoms with Gasteiger partial charge in [0.2, 0.25) is 10.0 Å². The minimum Gasteiger partial charge on any atom is -0.316 e. The molecular formula is C15H19N3O2S. The molecule has 2 N–H and O–H groups in total. The number of hydrogen-bond acceptors (Lipinski definition) is 4. The molecule has 2 aromatic rings. The van der Waals surface area contributed by atoms with Crippen LogP contribution in [-0.2, 0) is 16.6 Å². The number of sulfonamides is 1. The Labute approximate surface area is 125 Å². The van der Waals surface area contributed by atoms with Crippen molar-refractivity contribution in [2.45, 2.75) is 24.4 Å². The highest BCUT2D eigenvalue weighted by atomic mass is 32.2. The van der Waals surface area contributed by atoms with Crippen LogP contribution in [0.5, 0.6) is 0 Å². The van der Waals surface area contributed by atoms with Crippen molar-refractivity contribution in [3.63, 3.8) is 0 Å². The van der Waals surface area contributed by atoms with Crippen LogP contribution in [0.3, 0.4) is 0 Å². The number of nitrogens with one attached hydrogen (secondary N) is 2. The summed E-state index contributed by atoms with van der Waals surface area (Å²) in [6, 6.07) is 11.9. The van der Waals surface area contributed by atoms with Crippen molar-refractivity contribution in [2.24, 2.45) is 0 Å². The van der Waals surface area contributed by atoms with E-state index in [9.17, 15) is 8.42 Å². The predicted octanol–water partition coefficient (Wildman–Crippen LogP) is 1.84. The largest absolute Gasteiger partial charge is 0.316 e. The highest BCUT2D eigenvalue weighted by Gasteiger charge is 2.19. The molecule has 112 valence electrons. The summed E-state index contributed by atoms with van der Waals surface area (Å²) in [5.41, 5.74) is 1.61. The summed E-state index contributed by atoms with van der Waals surface area (Å²) in [5.74, 6) is 0. The van der Waals surface area contributed by atoms with Crippen LogP contribution in [-0.4, -0.2) is 20.4 Å². The smallest absolute Gasteiger partial charge is 0.241 e. The van der Waals surface area contributed by atoms with Crippen molar-refractivity contribution in [2.75, 3.05) is 7.05 Å². The molecule has 0 saturated heterocycles. The van der Waals surface area contributed by atoms with Crippen molar-refractivity contribution in [3.8, 4) is 0 Å². The zero-order valence-corrected chi connectivity index (χ0v) is 12.9. The standard InChI is InChI=1S/C15H19N3O2S/c1-12(15-8-3-4-9-17-15)18-21(19,20)14-7-5-6-13(10-14)11-16-2/h3-10,12,16,18H,11H2,1-2H3. The summed E-state index contributed by atoms with van der Waals surface area (Å²) in [7, 11) is -1.74. The number of rotatable bonds is 6. The average Bonchev–Trinajstić information content (AvgIpc) is 2.48. The lowest BCUT2D eigenvalue weighted by Crippen LogP contribution is -2.27. The molecule has 1 heterocycles. The van der Waals surface area contributed by atoms with Gasteiger partial charge in [0.1, 0.15) is 0 Å². The Morgan fingerprint density at radius 2 is 2.00 bits per heavy atom. The molecule has 0 aliphatic rings. The molecule has 0 radical (unpaired) electrons. The Bertz CT molecular complexity index is 687. The molecule has 0 bridgehead atoms. The van der Waals surface area contributed by atoms with E-state index in [-0.39, 0.29) is 10.9 Å². The molecular weight excluding hydrogens is 286 g/mol. The van der Waals surface area contributed by atoms with Gasteiger partial charge in [0.15, 0.2) is 0 Å². The van der Waals surface area contributed by atoms with E-state index < -0.39 is 10.0 Å². The molecule has 1 aromatic heterocycles. The second kappa shape index (κ2) is 6.80. The van der Waals surface area contributed by atoms with E-state index in [0.717, 1.165) is 5.56 Å². The Balaban J connectivity index is 2.20. The molecule has 1 aromatic carbocycles. The molecule has 2 rings (SSSR count). The maximum absolute atomic E-state index is 12.4. The van der Waals surface area contributed by atoms with Crippen molar-refractivity contribution >= 4 is 10.0 Å². The lowest BCUT2D eigenvalue weighted by Gasteiger charge is -2.14. The van der Waals surface area contributed by atoms with Gasteiger partial charge in [-0.15, -0.1) is 0 Å². The number of hydrogen-bond donors (Lipinski definition) is 2. The summed E-state index contributed by atoms with van der Waals surface area (Å²) in [5, 5.41) is 3.00. The fourth-order valence-corrected chi connectivity index (χ4v) is 3.31. The molecule has 5 nitrogen and oxygen atoms in total. The Kier molecular flexibility index (Phi) is 5.06. The average molecular weight is 305 g/mol. The van der Waals surface area contributed by atoms with E-state index in [0.29, 0.717) is 12.2 Å². The van der Waals surface area contributed by atoms with Gasteiger partial charge in [0, 0.05) is 12.7 Å². The van der Waals surface area contributed by atoms with Crippen LogP contribution in [0.2, 0.25) is 0 Å². The lowest BCUT2D eigenvalue weighted by atomic mass is 10.2. The van der Waals surface area contributed by atoms with Gasteiger partial charge in [-0.05, 0) is 43.8 Å². The molecule has 0 aliphatic carbocycles. The van der Waals surface area contributed by atoms with Gasteiger partial charge in [0.05, 0.1) is 16.6 Å². The topological polar surface area (TPSA) is 71.1 Å². The summed E-state index contributed by atoms with van der Waals surface area (Å²) in [4.78, 5) is 4.43. The van der Waals surface area contributed by atoms with E-state index in [4.69, 9.17) is 0 Å². The zero-order valence-electron chi connectivity index (χ0n) is 12.1. The normalized spacial score (nSPS) is 13.0. The van der Waals surface area contributed by atoms with Gasteiger partial charge >= 0.3 is 0 Å². The Morgan fingerprint density at radius 1 is 1.19 bits per heavy atom. The first-order valence-electron chi connectivity index (χ1n) is 6.70. The van der Waals surface area contributed by atoms with Gasteiger partial charge < -0.3 is 5.32 Å². The number of nitrogens with zero attached hydrogens (tertiary/aromatic N) is 1. The maximum Gasteiger partial charge on any atom is 0.241 e. The highest BCUT2D eigenvalue weighted by molar-refractivity contribution is 7.89. The highest BCUT2D eigenvalue weighted by Crippen LogP contribution is 2.16. The molecule has 1 atom stereocenters. The first-order valence-corrected chi connectivity index (χ1v) is 8.18. The molecule has 1 unspecified atom stereocenters. The van der Waals surface area contributed by atoms with Gasteiger partial charge in [-0.3, -0.25) is 4.98 Å². The summed E-state index contributed by atoms with van der Waals surface area (Å²) >= 11 is 0. The SMILES string of the molecule is CNCc1cccc(S(=O)(=O)NC(C)c2ccccn2)c1. The molecule has 21 heavy (non-hydrogen) atoms.